The molecular formula is C15H23BrN2O2S. The van der Waals surface area contributed by atoms with E-state index in [0.717, 1.165) is 12.8 Å². The Balaban J connectivity index is 2.23. The van der Waals surface area contributed by atoms with Gasteiger partial charge < -0.3 is 5.32 Å². The second-order valence-corrected chi connectivity index (χ2v) is 9.59. The molecule has 6 heteroatoms. The van der Waals surface area contributed by atoms with Crippen LogP contribution in [-0.2, 0) is 10.0 Å². The topological polar surface area (TPSA) is 58.2 Å². The van der Waals surface area contributed by atoms with Crippen LogP contribution in [-0.4, -0.2) is 25.5 Å². The number of piperidine rings is 1. The molecule has 0 aromatic heterocycles. The standard InChI is InChI=1S/C15H23BrN2O2S/c1-14(2)9-11(10-15(3,4)18-14)17-21(19,20)13-8-6-5-7-12(13)16/h5-8,11,17-18H,9-10H2,1-4H3. The molecular weight excluding hydrogens is 352 g/mol. The van der Waals surface area contributed by atoms with E-state index >= 15 is 0 Å². The summed E-state index contributed by atoms with van der Waals surface area (Å²) in [5.41, 5.74) is -0.189. The van der Waals surface area contributed by atoms with Gasteiger partial charge in [0.15, 0.2) is 0 Å². The fraction of sp³-hybridized carbons (Fsp3) is 0.600. The number of hydrogen-bond acceptors (Lipinski definition) is 3. The van der Waals surface area contributed by atoms with Gasteiger partial charge >= 0.3 is 0 Å². The summed E-state index contributed by atoms with van der Waals surface area (Å²) in [4.78, 5) is 0.291. The zero-order valence-corrected chi connectivity index (χ0v) is 15.3. The minimum absolute atomic E-state index is 0.0756. The van der Waals surface area contributed by atoms with E-state index in [4.69, 9.17) is 0 Å². The third kappa shape index (κ3) is 4.28. The van der Waals surface area contributed by atoms with E-state index in [9.17, 15) is 8.42 Å². The molecule has 0 atom stereocenters. The van der Waals surface area contributed by atoms with E-state index < -0.39 is 10.0 Å². The molecule has 0 spiro atoms. The number of sulfonamides is 1. The molecule has 1 fully saturated rings. The van der Waals surface area contributed by atoms with Gasteiger partial charge in [-0.1, -0.05) is 12.1 Å². The quantitative estimate of drug-likeness (QED) is 0.854. The van der Waals surface area contributed by atoms with Crippen LogP contribution in [0.15, 0.2) is 33.6 Å². The molecule has 2 rings (SSSR count). The highest BCUT2D eigenvalue weighted by Crippen LogP contribution is 2.30. The molecule has 0 aliphatic carbocycles. The van der Waals surface area contributed by atoms with Crippen LogP contribution in [0.25, 0.3) is 0 Å². The lowest BCUT2D eigenvalue weighted by atomic mass is 9.80. The van der Waals surface area contributed by atoms with Gasteiger partial charge in [0, 0.05) is 21.6 Å². The lowest BCUT2D eigenvalue weighted by molar-refractivity contribution is 0.157. The van der Waals surface area contributed by atoms with Crippen molar-refractivity contribution < 1.29 is 8.42 Å². The molecule has 1 aliphatic heterocycles. The maximum absolute atomic E-state index is 12.6. The molecule has 0 saturated carbocycles. The average Bonchev–Trinajstić information content (AvgIpc) is 2.23. The summed E-state index contributed by atoms with van der Waals surface area (Å²) >= 11 is 3.31. The van der Waals surface area contributed by atoms with Crippen LogP contribution in [0.5, 0.6) is 0 Å². The van der Waals surface area contributed by atoms with E-state index in [1.54, 1.807) is 24.3 Å². The zero-order valence-electron chi connectivity index (χ0n) is 12.9. The predicted molar refractivity (Wildman–Crippen MR) is 88.8 cm³/mol. The van der Waals surface area contributed by atoms with Gasteiger partial charge in [0.2, 0.25) is 10.0 Å². The Hall–Kier alpha value is -0.430. The Labute approximate surface area is 135 Å². The van der Waals surface area contributed by atoms with Crippen LogP contribution in [0, 0.1) is 0 Å². The fourth-order valence-electron chi connectivity index (χ4n) is 3.35. The molecule has 0 radical (unpaired) electrons. The summed E-state index contributed by atoms with van der Waals surface area (Å²) in [7, 11) is -3.52. The van der Waals surface area contributed by atoms with Crippen LogP contribution < -0.4 is 10.0 Å². The van der Waals surface area contributed by atoms with Gasteiger partial charge in [-0.05, 0) is 68.6 Å². The van der Waals surface area contributed by atoms with Gasteiger partial charge in [-0.25, -0.2) is 13.1 Å². The molecule has 21 heavy (non-hydrogen) atoms. The highest BCUT2D eigenvalue weighted by molar-refractivity contribution is 9.10. The summed E-state index contributed by atoms with van der Waals surface area (Å²) < 4.78 is 28.6. The number of rotatable bonds is 3. The van der Waals surface area contributed by atoms with Gasteiger partial charge in [-0.3, -0.25) is 0 Å². The first-order valence-corrected chi connectivity index (χ1v) is 9.35. The minimum atomic E-state index is -3.52. The van der Waals surface area contributed by atoms with Crippen LogP contribution in [0.3, 0.4) is 0 Å². The van der Waals surface area contributed by atoms with Gasteiger partial charge in [-0.15, -0.1) is 0 Å². The van der Waals surface area contributed by atoms with Crippen molar-refractivity contribution in [2.75, 3.05) is 0 Å². The second kappa shape index (κ2) is 5.65. The maximum atomic E-state index is 12.6. The first-order valence-electron chi connectivity index (χ1n) is 7.07. The Kier molecular flexibility index (Phi) is 4.55. The molecule has 2 N–H and O–H groups in total. The first kappa shape index (κ1) is 16.9. The maximum Gasteiger partial charge on any atom is 0.241 e. The summed E-state index contributed by atoms with van der Waals surface area (Å²) in [5, 5.41) is 3.55. The Bertz CT molecular complexity index is 610. The molecule has 0 unspecified atom stereocenters. The number of halogens is 1. The Morgan fingerprint density at radius 2 is 1.67 bits per heavy atom. The number of benzene rings is 1. The van der Waals surface area contributed by atoms with Crippen LogP contribution in [0.1, 0.15) is 40.5 Å². The van der Waals surface area contributed by atoms with Crippen molar-refractivity contribution in [1.29, 1.82) is 0 Å². The second-order valence-electron chi connectivity index (χ2n) is 7.05. The smallest absolute Gasteiger partial charge is 0.241 e. The normalized spacial score (nSPS) is 22.1. The van der Waals surface area contributed by atoms with Crippen LogP contribution in [0.2, 0.25) is 0 Å². The number of nitrogens with one attached hydrogen (secondary N) is 2. The summed E-state index contributed by atoms with van der Waals surface area (Å²) in [6, 6.07) is 6.82. The third-order valence-corrected chi connectivity index (χ3v) is 6.17. The van der Waals surface area contributed by atoms with Gasteiger partial charge in [0.05, 0.1) is 4.90 Å². The fourth-order valence-corrected chi connectivity index (χ4v) is 5.59. The summed E-state index contributed by atoms with van der Waals surface area (Å²) in [6.07, 6.45) is 1.53. The van der Waals surface area contributed by atoms with Crippen molar-refractivity contribution in [3.63, 3.8) is 0 Å². The van der Waals surface area contributed by atoms with E-state index in [1.165, 1.54) is 0 Å². The van der Waals surface area contributed by atoms with Crippen molar-refractivity contribution in [2.45, 2.75) is 62.6 Å². The van der Waals surface area contributed by atoms with Crippen molar-refractivity contribution >= 4 is 26.0 Å². The van der Waals surface area contributed by atoms with E-state index in [1.807, 2.05) is 0 Å². The first-order chi connectivity index (χ1) is 9.51. The third-order valence-electron chi connectivity index (χ3n) is 3.64. The zero-order chi connectivity index (χ0) is 15.9. The summed E-state index contributed by atoms with van der Waals surface area (Å²) in [6.45, 7) is 8.42. The highest BCUT2D eigenvalue weighted by atomic mass is 79.9. The molecule has 0 bridgehead atoms. The minimum Gasteiger partial charge on any atom is -0.307 e. The highest BCUT2D eigenvalue weighted by Gasteiger charge is 2.39. The SMILES string of the molecule is CC1(C)CC(NS(=O)(=O)c2ccccc2Br)CC(C)(C)N1. The van der Waals surface area contributed by atoms with Gasteiger partial charge in [0.25, 0.3) is 0 Å². The van der Waals surface area contributed by atoms with Crippen molar-refractivity contribution in [3.8, 4) is 0 Å². The van der Waals surface area contributed by atoms with Crippen LogP contribution >= 0.6 is 15.9 Å². The lowest BCUT2D eigenvalue weighted by Crippen LogP contribution is -2.62. The molecule has 1 aromatic carbocycles. The number of hydrogen-bond donors (Lipinski definition) is 2. The Morgan fingerprint density at radius 3 is 2.19 bits per heavy atom. The monoisotopic (exact) mass is 374 g/mol. The van der Waals surface area contributed by atoms with Crippen molar-refractivity contribution in [3.05, 3.63) is 28.7 Å². The van der Waals surface area contributed by atoms with E-state index in [-0.39, 0.29) is 17.1 Å². The molecule has 4 nitrogen and oxygen atoms in total. The van der Waals surface area contributed by atoms with Crippen molar-refractivity contribution in [2.24, 2.45) is 0 Å². The van der Waals surface area contributed by atoms with E-state index in [2.05, 4.69) is 53.7 Å². The van der Waals surface area contributed by atoms with Gasteiger partial charge in [0.1, 0.15) is 0 Å². The molecule has 1 heterocycles. The summed E-state index contributed by atoms with van der Waals surface area (Å²) in [5.74, 6) is 0. The molecule has 1 aliphatic rings. The molecule has 118 valence electrons. The molecule has 0 amide bonds. The molecule has 1 aromatic rings. The largest absolute Gasteiger partial charge is 0.307 e. The van der Waals surface area contributed by atoms with Gasteiger partial charge in [-0.2, -0.15) is 0 Å². The van der Waals surface area contributed by atoms with Crippen LogP contribution in [0.4, 0.5) is 0 Å². The average molecular weight is 375 g/mol. The Morgan fingerprint density at radius 1 is 1.14 bits per heavy atom. The molecule has 1 saturated heterocycles. The van der Waals surface area contributed by atoms with Crippen molar-refractivity contribution in [1.82, 2.24) is 10.0 Å². The predicted octanol–water partition coefficient (Wildman–Crippen LogP) is 3.04. The van der Waals surface area contributed by atoms with E-state index in [0.29, 0.717) is 9.37 Å². The lowest BCUT2D eigenvalue weighted by Gasteiger charge is -2.46.